The van der Waals surface area contributed by atoms with Crippen LogP contribution < -0.4 is 19.9 Å². The van der Waals surface area contributed by atoms with E-state index in [4.69, 9.17) is 14.7 Å². The molecule has 7 heterocycles. The third-order valence-electron chi connectivity index (χ3n) is 11.1. The standard InChI is InChI=1S/C39H39N9O5/c49-33-4-2-1-3-27(33)29-21-32-28(43-44-29)14-16-48(32)34-11-9-26(22-41-34)46-18-17-45(23-36(46)51)25-7-5-24(6-8-25)37-38-30(13-15-40-37)47(19-20-53-38)31-10-12-35(50)42-39(31)52/h1-4,9,11,13-16,21-22,24-25,31,49H,5-8,10,12,17-20,23H2,(H,42,50,52). The summed E-state index contributed by atoms with van der Waals surface area (Å²) < 4.78 is 8.11. The number of imide groups is 1. The predicted molar refractivity (Wildman–Crippen MR) is 196 cm³/mol. The number of benzene rings is 1. The van der Waals surface area contributed by atoms with Crippen LogP contribution in [-0.2, 0) is 14.4 Å². The van der Waals surface area contributed by atoms with Gasteiger partial charge < -0.3 is 19.6 Å². The molecule has 14 nitrogen and oxygen atoms in total. The molecule has 0 bridgehead atoms. The van der Waals surface area contributed by atoms with Gasteiger partial charge in [0.1, 0.15) is 29.7 Å². The van der Waals surface area contributed by atoms with Crippen LogP contribution in [0.15, 0.2) is 73.2 Å². The van der Waals surface area contributed by atoms with Crippen LogP contribution in [0.2, 0.25) is 0 Å². The van der Waals surface area contributed by atoms with Gasteiger partial charge in [0.05, 0.1) is 47.6 Å². The first-order chi connectivity index (χ1) is 25.9. The highest BCUT2D eigenvalue weighted by Gasteiger charge is 2.38. The van der Waals surface area contributed by atoms with E-state index in [1.165, 1.54) is 0 Å². The molecule has 4 aromatic heterocycles. The molecule has 2 N–H and O–H groups in total. The number of amides is 3. The monoisotopic (exact) mass is 713 g/mol. The third kappa shape index (κ3) is 6.12. The molecule has 270 valence electrons. The lowest BCUT2D eigenvalue weighted by Gasteiger charge is -2.42. The summed E-state index contributed by atoms with van der Waals surface area (Å²) in [5, 5.41) is 21.5. The van der Waals surface area contributed by atoms with Crippen LogP contribution in [0.3, 0.4) is 0 Å². The number of piperidine rings is 1. The molecule has 3 fully saturated rings. The van der Waals surface area contributed by atoms with E-state index in [0.29, 0.717) is 67.7 Å². The van der Waals surface area contributed by atoms with E-state index in [1.54, 1.807) is 30.6 Å². The maximum absolute atomic E-state index is 13.5. The zero-order valence-corrected chi connectivity index (χ0v) is 29.1. The second kappa shape index (κ2) is 13.6. The summed E-state index contributed by atoms with van der Waals surface area (Å²) >= 11 is 0. The van der Waals surface area contributed by atoms with E-state index in [-0.39, 0.29) is 29.4 Å². The van der Waals surface area contributed by atoms with E-state index in [1.807, 2.05) is 52.1 Å². The minimum Gasteiger partial charge on any atom is -0.507 e. The summed E-state index contributed by atoms with van der Waals surface area (Å²) in [7, 11) is 0. The van der Waals surface area contributed by atoms with Gasteiger partial charge in [-0.2, -0.15) is 0 Å². The Morgan fingerprint density at radius 3 is 2.55 bits per heavy atom. The maximum atomic E-state index is 13.5. The maximum Gasteiger partial charge on any atom is 0.249 e. The first-order valence-corrected chi connectivity index (χ1v) is 18.3. The number of ether oxygens (including phenoxy) is 1. The fourth-order valence-electron chi connectivity index (χ4n) is 8.41. The highest BCUT2D eigenvalue weighted by atomic mass is 16.5. The molecule has 1 aliphatic carbocycles. The topological polar surface area (TPSA) is 159 Å². The van der Waals surface area contributed by atoms with Crippen molar-refractivity contribution in [1.82, 2.24) is 34.9 Å². The lowest BCUT2D eigenvalue weighted by Crippen LogP contribution is -2.54. The van der Waals surface area contributed by atoms with Gasteiger partial charge in [0.25, 0.3) is 0 Å². The van der Waals surface area contributed by atoms with Crippen molar-refractivity contribution in [3.05, 3.63) is 78.9 Å². The molecule has 4 aliphatic rings. The Balaban J connectivity index is 0.836. The number of nitrogens with one attached hydrogen (secondary N) is 1. The first-order valence-electron chi connectivity index (χ1n) is 18.3. The van der Waals surface area contributed by atoms with E-state index in [2.05, 4.69) is 25.3 Å². The molecule has 9 rings (SSSR count). The quantitative estimate of drug-likeness (QED) is 0.246. The first kappa shape index (κ1) is 33.0. The molecular formula is C39H39N9O5. The normalized spacial score (nSPS) is 22.4. The number of aromatic nitrogens is 5. The summed E-state index contributed by atoms with van der Waals surface area (Å²) in [6, 6.07) is 16.5. The number of phenolic OH excluding ortho intramolecular Hbond substituents is 1. The summed E-state index contributed by atoms with van der Waals surface area (Å²) in [5.41, 5.74) is 5.25. The molecule has 1 atom stereocenters. The van der Waals surface area contributed by atoms with Gasteiger partial charge in [-0.1, -0.05) is 12.1 Å². The van der Waals surface area contributed by atoms with Gasteiger partial charge >= 0.3 is 0 Å². The number of rotatable bonds is 6. The second-order valence-electron chi connectivity index (χ2n) is 14.2. The van der Waals surface area contributed by atoms with Crippen molar-refractivity contribution >= 4 is 40.1 Å². The van der Waals surface area contributed by atoms with Crippen molar-refractivity contribution in [2.24, 2.45) is 0 Å². The van der Waals surface area contributed by atoms with Crippen LogP contribution in [-0.4, -0.2) is 97.3 Å². The molecule has 2 saturated heterocycles. The SMILES string of the molecule is O=C1CCC(N2CCOc3c2ccnc3C2CCC(N3CCN(c4ccc(-n5ccc6nnc(-c7ccccc7O)cc65)nc4)C(=O)C3)CC2)C(=O)N1. The van der Waals surface area contributed by atoms with Crippen molar-refractivity contribution in [3.63, 3.8) is 0 Å². The molecule has 53 heavy (non-hydrogen) atoms. The average molecular weight is 714 g/mol. The molecule has 1 unspecified atom stereocenters. The number of phenols is 1. The summed E-state index contributed by atoms with van der Waals surface area (Å²) in [6.07, 6.45) is 10.0. The highest BCUT2D eigenvalue weighted by molar-refractivity contribution is 6.02. The highest BCUT2D eigenvalue weighted by Crippen LogP contribution is 2.44. The fourth-order valence-corrected chi connectivity index (χ4v) is 8.41. The van der Waals surface area contributed by atoms with Gasteiger partial charge in [0, 0.05) is 49.4 Å². The number of hydrogen-bond donors (Lipinski definition) is 2. The van der Waals surface area contributed by atoms with Crippen LogP contribution >= 0.6 is 0 Å². The molecule has 0 spiro atoms. The predicted octanol–water partition coefficient (Wildman–Crippen LogP) is 3.96. The Hall–Kier alpha value is -5.89. The number of carbonyl (C=O) groups is 3. The molecule has 3 amide bonds. The second-order valence-corrected chi connectivity index (χ2v) is 14.2. The van der Waals surface area contributed by atoms with Gasteiger partial charge in [0.15, 0.2) is 5.75 Å². The zero-order chi connectivity index (χ0) is 36.1. The summed E-state index contributed by atoms with van der Waals surface area (Å²) in [5.74, 6) is 1.39. The number of aromatic hydroxyl groups is 1. The van der Waals surface area contributed by atoms with E-state index in [0.717, 1.165) is 60.6 Å². The average Bonchev–Trinajstić information content (AvgIpc) is 3.61. The zero-order valence-electron chi connectivity index (χ0n) is 29.1. The molecule has 14 heteroatoms. The van der Waals surface area contributed by atoms with E-state index < -0.39 is 6.04 Å². The van der Waals surface area contributed by atoms with Gasteiger partial charge in [-0.3, -0.25) is 34.2 Å². The van der Waals surface area contributed by atoms with Crippen LogP contribution in [0, 0.1) is 0 Å². The number of fused-ring (bicyclic) bond motifs is 2. The fraction of sp³-hybridized carbons (Fsp3) is 0.359. The minimum absolute atomic E-state index is 0.0580. The van der Waals surface area contributed by atoms with Gasteiger partial charge in [-0.15, -0.1) is 10.2 Å². The lowest BCUT2D eigenvalue weighted by atomic mass is 9.82. The molecule has 1 aromatic carbocycles. The van der Waals surface area contributed by atoms with Crippen molar-refractivity contribution in [2.45, 2.75) is 56.5 Å². The largest absolute Gasteiger partial charge is 0.507 e. The number of nitrogens with zero attached hydrogens (tertiary/aromatic N) is 8. The van der Waals surface area contributed by atoms with Crippen LogP contribution in [0.4, 0.5) is 11.4 Å². The number of para-hydroxylation sites is 1. The number of pyridine rings is 2. The van der Waals surface area contributed by atoms with Crippen molar-refractivity contribution in [2.75, 3.05) is 42.6 Å². The molecule has 5 aromatic rings. The van der Waals surface area contributed by atoms with Gasteiger partial charge in [-0.25, -0.2) is 4.98 Å². The van der Waals surface area contributed by atoms with E-state index >= 15 is 0 Å². The van der Waals surface area contributed by atoms with Gasteiger partial charge in [0.2, 0.25) is 17.7 Å². The molecule has 3 aliphatic heterocycles. The minimum atomic E-state index is -0.396. The smallest absolute Gasteiger partial charge is 0.249 e. The number of carbonyl (C=O) groups excluding carboxylic acids is 3. The van der Waals surface area contributed by atoms with Crippen molar-refractivity contribution < 1.29 is 24.2 Å². The number of piperazine rings is 1. The summed E-state index contributed by atoms with van der Waals surface area (Å²) in [4.78, 5) is 53.7. The van der Waals surface area contributed by atoms with Gasteiger partial charge in [-0.05, 0) is 74.6 Å². The van der Waals surface area contributed by atoms with Crippen molar-refractivity contribution in [1.29, 1.82) is 0 Å². The summed E-state index contributed by atoms with van der Waals surface area (Å²) in [6.45, 7) is 2.77. The molecular weight excluding hydrogens is 674 g/mol. The molecule has 0 radical (unpaired) electrons. The Kier molecular flexibility index (Phi) is 8.45. The van der Waals surface area contributed by atoms with E-state index in [9.17, 15) is 19.5 Å². The van der Waals surface area contributed by atoms with Crippen molar-refractivity contribution in [3.8, 4) is 28.6 Å². The lowest BCUT2D eigenvalue weighted by molar-refractivity contribution is -0.134. The van der Waals surface area contributed by atoms with Crippen LogP contribution in [0.1, 0.15) is 50.1 Å². The molecule has 1 saturated carbocycles. The number of anilines is 2. The van der Waals surface area contributed by atoms with Crippen LogP contribution in [0.25, 0.3) is 28.1 Å². The number of hydrogen-bond acceptors (Lipinski definition) is 11. The Morgan fingerprint density at radius 1 is 0.887 bits per heavy atom. The van der Waals surface area contributed by atoms with Crippen LogP contribution in [0.5, 0.6) is 11.5 Å². The Bertz CT molecular complexity index is 2210. The Labute approximate surface area is 305 Å². The Morgan fingerprint density at radius 2 is 1.75 bits per heavy atom. The third-order valence-corrected chi connectivity index (χ3v) is 11.1.